The van der Waals surface area contributed by atoms with E-state index in [0.717, 1.165) is 23.8 Å². The van der Waals surface area contributed by atoms with Gasteiger partial charge in [0.1, 0.15) is 23.9 Å². The Hall–Kier alpha value is -3.10. The summed E-state index contributed by atoms with van der Waals surface area (Å²) in [4.78, 5) is 40.5. The lowest BCUT2D eigenvalue weighted by Crippen LogP contribution is -2.47. The van der Waals surface area contributed by atoms with Crippen LogP contribution in [-0.2, 0) is 17.9 Å². The van der Waals surface area contributed by atoms with Crippen LogP contribution in [0.4, 0.5) is 21.6 Å². The molecule has 0 saturated carbocycles. The van der Waals surface area contributed by atoms with Crippen LogP contribution in [0.1, 0.15) is 38.2 Å². The Morgan fingerprint density at radius 3 is 2.50 bits per heavy atom. The first-order valence-electron chi connectivity index (χ1n) is 10.3. The van der Waals surface area contributed by atoms with Gasteiger partial charge in [-0.2, -0.15) is 0 Å². The number of halogens is 1. The summed E-state index contributed by atoms with van der Waals surface area (Å²) in [7, 11) is 0. The maximum Gasteiger partial charge on any atom is 0.333 e. The molecule has 0 atom stereocenters. The van der Waals surface area contributed by atoms with E-state index in [-0.39, 0.29) is 17.2 Å². The van der Waals surface area contributed by atoms with Crippen LogP contribution in [0.25, 0.3) is 0 Å². The first kappa shape index (κ1) is 21.6. The van der Waals surface area contributed by atoms with Gasteiger partial charge in [0, 0.05) is 25.3 Å². The highest BCUT2D eigenvalue weighted by Gasteiger charge is 2.24. The number of hydrogen-bond donors (Lipinski definition) is 2. The number of benzene rings is 1. The molecule has 1 saturated heterocycles. The second-order valence-corrected chi connectivity index (χ2v) is 7.62. The van der Waals surface area contributed by atoms with Crippen LogP contribution in [-0.4, -0.2) is 28.1 Å². The van der Waals surface area contributed by atoms with Gasteiger partial charge in [0.15, 0.2) is 0 Å². The zero-order valence-corrected chi connectivity index (χ0v) is 17.4. The van der Waals surface area contributed by atoms with Crippen molar-refractivity contribution in [2.75, 3.05) is 29.0 Å². The Morgan fingerprint density at radius 2 is 1.87 bits per heavy atom. The van der Waals surface area contributed by atoms with Crippen molar-refractivity contribution < 1.29 is 9.18 Å². The third-order valence-electron chi connectivity index (χ3n) is 5.32. The fraction of sp³-hybridized carbons (Fsp3) is 0.476. The molecule has 1 aliphatic rings. The van der Waals surface area contributed by atoms with Crippen molar-refractivity contribution in [3.05, 3.63) is 50.4 Å². The second-order valence-electron chi connectivity index (χ2n) is 7.62. The number of rotatable bonds is 6. The predicted molar refractivity (Wildman–Crippen MR) is 115 cm³/mol. The van der Waals surface area contributed by atoms with Gasteiger partial charge in [0.25, 0.3) is 5.56 Å². The summed E-state index contributed by atoms with van der Waals surface area (Å²) in [5.74, 6) is -0.893. The highest BCUT2D eigenvalue weighted by molar-refractivity contribution is 5.90. The van der Waals surface area contributed by atoms with E-state index >= 15 is 0 Å². The maximum absolute atomic E-state index is 13.7. The van der Waals surface area contributed by atoms with Gasteiger partial charge in [-0.25, -0.2) is 13.8 Å². The molecule has 8 nitrogen and oxygen atoms in total. The number of amides is 1. The molecule has 3 rings (SSSR count). The Balaban J connectivity index is 1.97. The number of piperidine rings is 1. The third kappa shape index (κ3) is 4.39. The first-order valence-corrected chi connectivity index (χ1v) is 10.3. The molecule has 2 heterocycles. The summed E-state index contributed by atoms with van der Waals surface area (Å²) in [6.45, 7) is 4.75. The molecular formula is C21H28FN5O3. The van der Waals surface area contributed by atoms with Crippen LogP contribution in [0.15, 0.2) is 27.8 Å². The molecule has 1 fully saturated rings. The number of nitrogens with zero attached hydrogens (tertiary/aromatic N) is 3. The van der Waals surface area contributed by atoms with Gasteiger partial charge in [-0.3, -0.25) is 14.2 Å². The molecule has 30 heavy (non-hydrogen) atoms. The number of aryl methyl sites for hydroxylation is 1. The van der Waals surface area contributed by atoms with Crippen molar-refractivity contribution in [1.82, 2.24) is 9.13 Å². The van der Waals surface area contributed by atoms with Crippen molar-refractivity contribution in [1.29, 1.82) is 0 Å². The zero-order chi connectivity index (χ0) is 21.8. The molecule has 0 unspecified atom stereocenters. The minimum atomic E-state index is -0.620. The second kappa shape index (κ2) is 9.15. The SMILES string of the molecule is CCCn1c(N)c(N2CCCCC2)c(=O)n(CC(=O)Nc2ccc(C)c(F)c2)c1=O. The first-order chi connectivity index (χ1) is 14.3. The van der Waals surface area contributed by atoms with E-state index in [2.05, 4.69) is 5.32 Å². The largest absolute Gasteiger partial charge is 0.383 e. The molecule has 2 aromatic rings. The Bertz CT molecular complexity index is 1050. The van der Waals surface area contributed by atoms with E-state index in [4.69, 9.17) is 5.73 Å². The van der Waals surface area contributed by atoms with E-state index in [1.165, 1.54) is 10.6 Å². The van der Waals surface area contributed by atoms with Crippen molar-refractivity contribution in [3.8, 4) is 0 Å². The number of carbonyl (C=O) groups excluding carboxylic acids is 1. The van der Waals surface area contributed by atoms with E-state index < -0.39 is 29.5 Å². The fourth-order valence-electron chi connectivity index (χ4n) is 3.71. The van der Waals surface area contributed by atoms with Crippen molar-refractivity contribution >= 4 is 23.1 Å². The molecule has 9 heteroatoms. The monoisotopic (exact) mass is 417 g/mol. The Labute approximate surface area is 174 Å². The number of aromatic nitrogens is 2. The van der Waals surface area contributed by atoms with Crippen LogP contribution in [0.2, 0.25) is 0 Å². The molecule has 0 radical (unpaired) electrons. The summed E-state index contributed by atoms with van der Waals surface area (Å²) < 4.78 is 16.0. The molecule has 1 aliphatic heterocycles. The lowest BCUT2D eigenvalue weighted by Gasteiger charge is -2.30. The van der Waals surface area contributed by atoms with E-state index in [9.17, 15) is 18.8 Å². The van der Waals surface area contributed by atoms with Gasteiger partial charge in [-0.05, 0) is 50.3 Å². The predicted octanol–water partition coefficient (Wildman–Crippen LogP) is 2.08. The number of anilines is 3. The summed E-state index contributed by atoms with van der Waals surface area (Å²) in [5.41, 5.74) is 6.02. The molecule has 0 spiro atoms. The minimum Gasteiger partial charge on any atom is -0.383 e. The highest BCUT2D eigenvalue weighted by atomic mass is 19.1. The topological polar surface area (TPSA) is 102 Å². The van der Waals surface area contributed by atoms with Gasteiger partial charge in [0.05, 0.1) is 0 Å². The van der Waals surface area contributed by atoms with Crippen LogP contribution in [0.3, 0.4) is 0 Å². The highest BCUT2D eigenvalue weighted by Crippen LogP contribution is 2.21. The molecular weight excluding hydrogens is 389 g/mol. The lowest BCUT2D eigenvalue weighted by atomic mass is 10.1. The Morgan fingerprint density at radius 1 is 1.17 bits per heavy atom. The fourth-order valence-corrected chi connectivity index (χ4v) is 3.71. The van der Waals surface area contributed by atoms with Crippen molar-refractivity contribution in [3.63, 3.8) is 0 Å². The molecule has 3 N–H and O–H groups in total. The minimum absolute atomic E-state index is 0.144. The summed E-state index contributed by atoms with van der Waals surface area (Å²) in [5, 5.41) is 2.55. The van der Waals surface area contributed by atoms with Gasteiger partial charge < -0.3 is 16.0 Å². The standard InChI is InChI=1S/C21H28FN5O3/c1-3-9-26-19(23)18(25-10-5-4-6-11-25)20(29)27(21(26)30)13-17(28)24-15-8-7-14(2)16(22)12-15/h7-8,12H,3-6,9-11,13,23H2,1-2H3,(H,24,28). The smallest absolute Gasteiger partial charge is 0.333 e. The molecule has 0 aliphatic carbocycles. The Kier molecular flexibility index (Phi) is 6.59. The van der Waals surface area contributed by atoms with Gasteiger partial charge in [-0.1, -0.05) is 13.0 Å². The van der Waals surface area contributed by atoms with E-state index in [1.54, 1.807) is 19.1 Å². The third-order valence-corrected chi connectivity index (χ3v) is 5.32. The van der Waals surface area contributed by atoms with Crippen molar-refractivity contribution in [2.24, 2.45) is 0 Å². The molecule has 1 aromatic carbocycles. The normalized spacial score (nSPS) is 14.0. The molecule has 162 valence electrons. The number of carbonyl (C=O) groups is 1. The van der Waals surface area contributed by atoms with E-state index in [1.807, 2.05) is 11.8 Å². The summed E-state index contributed by atoms with van der Waals surface area (Å²) >= 11 is 0. The molecule has 1 aromatic heterocycles. The lowest BCUT2D eigenvalue weighted by molar-refractivity contribution is -0.116. The maximum atomic E-state index is 13.7. The quantitative estimate of drug-likeness (QED) is 0.749. The van der Waals surface area contributed by atoms with Gasteiger partial charge >= 0.3 is 5.69 Å². The van der Waals surface area contributed by atoms with Crippen LogP contribution < -0.4 is 27.2 Å². The van der Waals surface area contributed by atoms with E-state index in [0.29, 0.717) is 31.6 Å². The molecule has 1 amide bonds. The number of nitrogen functional groups attached to an aromatic ring is 1. The number of nitrogens with two attached hydrogens (primary N) is 1. The van der Waals surface area contributed by atoms with Crippen LogP contribution >= 0.6 is 0 Å². The number of nitrogens with one attached hydrogen (secondary N) is 1. The zero-order valence-electron chi connectivity index (χ0n) is 17.4. The summed E-state index contributed by atoms with van der Waals surface area (Å²) in [6.07, 6.45) is 3.60. The summed E-state index contributed by atoms with van der Waals surface area (Å²) in [6, 6.07) is 4.31. The van der Waals surface area contributed by atoms with Crippen molar-refractivity contribution in [2.45, 2.75) is 52.6 Å². The average molecular weight is 417 g/mol. The van der Waals surface area contributed by atoms with Crippen LogP contribution in [0.5, 0.6) is 0 Å². The van der Waals surface area contributed by atoms with Crippen LogP contribution in [0, 0.1) is 12.7 Å². The average Bonchev–Trinajstić information content (AvgIpc) is 2.72. The molecule has 0 bridgehead atoms. The number of hydrogen-bond acceptors (Lipinski definition) is 5. The van der Waals surface area contributed by atoms with Gasteiger partial charge in [-0.15, -0.1) is 0 Å². The van der Waals surface area contributed by atoms with Gasteiger partial charge in [0.2, 0.25) is 5.91 Å².